The molecule has 1 atom stereocenters. The van der Waals surface area contributed by atoms with E-state index >= 15 is 0 Å². The SMILES string of the molecule is COC(=O)CS(=O)CCCCc1ccc(-c2ccccc2F)cc1. The summed E-state index contributed by atoms with van der Waals surface area (Å²) in [5, 5.41) is 0. The Morgan fingerprint density at radius 2 is 1.79 bits per heavy atom. The summed E-state index contributed by atoms with van der Waals surface area (Å²) >= 11 is 0. The van der Waals surface area contributed by atoms with Crippen molar-refractivity contribution in [1.29, 1.82) is 0 Å². The van der Waals surface area contributed by atoms with Crippen molar-refractivity contribution in [3.8, 4) is 11.1 Å². The van der Waals surface area contributed by atoms with Crippen LogP contribution in [0, 0.1) is 5.82 Å². The summed E-state index contributed by atoms with van der Waals surface area (Å²) in [5.41, 5.74) is 2.62. The van der Waals surface area contributed by atoms with Crippen LogP contribution in [0.2, 0.25) is 0 Å². The minimum absolute atomic E-state index is 0.0339. The number of carbonyl (C=O) groups is 1. The maximum atomic E-state index is 13.8. The summed E-state index contributed by atoms with van der Waals surface area (Å²) < 4.78 is 29.9. The molecule has 0 fully saturated rings. The second kappa shape index (κ2) is 9.33. The maximum Gasteiger partial charge on any atom is 0.318 e. The largest absolute Gasteiger partial charge is 0.468 e. The van der Waals surface area contributed by atoms with Gasteiger partial charge in [-0.25, -0.2) is 4.39 Å². The lowest BCUT2D eigenvalue weighted by Crippen LogP contribution is -2.14. The van der Waals surface area contributed by atoms with Crippen LogP contribution in [0.1, 0.15) is 18.4 Å². The van der Waals surface area contributed by atoms with Crippen LogP contribution in [0.15, 0.2) is 48.5 Å². The van der Waals surface area contributed by atoms with Crippen molar-refractivity contribution < 1.29 is 18.1 Å². The number of hydrogen-bond acceptors (Lipinski definition) is 3. The van der Waals surface area contributed by atoms with Crippen molar-refractivity contribution in [1.82, 2.24) is 0 Å². The van der Waals surface area contributed by atoms with E-state index in [-0.39, 0.29) is 11.6 Å². The monoisotopic (exact) mass is 348 g/mol. The van der Waals surface area contributed by atoms with Crippen LogP contribution < -0.4 is 0 Å². The first-order valence-corrected chi connectivity index (χ1v) is 9.34. The lowest BCUT2D eigenvalue weighted by molar-refractivity contribution is -0.137. The van der Waals surface area contributed by atoms with Crippen LogP contribution in [0.4, 0.5) is 4.39 Å². The molecule has 0 spiro atoms. The van der Waals surface area contributed by atoms with E-state index in [1.807, 2.05) is 30.3 Å². The first-order chi connectivity index (χ1) is 11.6. The fraction of sp³-hybridized carbons (Fsp3) is 0.316. The minimum atomic E-state index is -1.16. The minimum Gasteiger partial charge on any atom is -0.468 e. The van der Waals surface area contributed by atoms with E-state index in [9.17, 15) is 13.4 Å². The van der Waals surface area contributed by atoms with Gasteiger partial charge < -0.3 is 4.74 Å². The van der Waals surface area contributed by atoms with Crippen LogP contribution in [-0.4, -0.2) is 28.8 Å². The third-order valence-corrected chi connectivity index (χ3v) is 5.03. The summed E-state index contributed by atoms with van der Waals surface area (Å²) in [6.07, 6.45) is 2.55. The Hall–Kier alpha value is -2.01. The van der Waals surface area contributed by atoms with Crippen LogP contribution in [-0.2, 0) is 26.8 Å². The van der Waals surface area contributed by atoms with Gasteiger partial charge in [-0.3, -0.25) is 9.00 Å². The third-order valence-electron chi connectivity index (χ3n) is 3.73. The Kier molecular flexibility index (Phi) is 7.12. The molecule has 0 aromatic heterocycles. The van der Waals surface area contributed by atoms with Gasteiger partial charge in [-0.05, 0) is 36.5 Å². The summed E-state index contributed by atoms with van der Waals surface area (Å²) in [7, 11) is 0.141. The van der Waals surface area contributed by atoms with Crippen molar-refractivity contribution in [2.45, 2.75) is 19.3 Å². The van der Waals surface area contributed by atoms with Crippen molar-refractivity contribution in [3.05, 3.63) is 59.9 Å². The van der Waals surface area contributed by atoms with E-state index in [1.54, 1.807) is 12.1 Å². The van der Waals surface area contributed by atoms with E-state index in [0.717, 1.165) is 30.4 Å². The molecule has 128 valence electrons. The van der Waals surface area contributed by atoms with Gasteiger partial charge in [0.25, 0.3) is 0 Å². The normalized spacial score (nSPS) is 11.9. The summed E-state index contributed by atoms with van der Waals surface area (Å²) in [6, 6.07) is 14.5. The zero-order chi connectivity index (χ0) is 17.4. The van der Waals surface area contributed by atoms with Gasteiger partial charge in [-0.2, -0.15) is 0 Å². The molecule has 0 aliphatic heterocycles. The standard InChI is InChI=1S/C19H21FO3S/c1-23-19(21)14-24(22)13-5-4-6-15-9-11-16(12-10-15)17-7-2-3-8-18(17)20/h2-3,7-12H,4-6,13-14H2,1H3. The molecule has 0 bridgehead atoms. The molecule has 3 nitrogen and oxygen atoms in total. The van der Waals surface area contributed by atoms with Crippen molar-refractivity contribution in [3.63, 3.8) is 0 Å². The van der Waals surface area contributed by atoms with Gasteiger partial charge in [-0.1, -0.05) is 42.5 Å². The molecule has 0 N–H and O–H groups in total. The lowest BCUT2D eigenvalue weighted by atomic mass is 10.0. The Labute approximate surface area is 144 Å². The van der Waals surface area contributed by atoms with Gasteiger partial charge in [0.05, 0.1) is 7.11 Å². The van der Waals surface area contributed by atoms with Gasteiger partial charge >= 0.3 is 5.97 Å². The Morgan fingerprint density at radius 3 is 2.46 bits per heavy atom. The quantitative estimate of drug-likeness (QED) is 0.539. The third kappa shape index (κ3) is 5.57. The topological polar surface area (TPSA) is 43.4 Å². The second-order valence-corrected chi connectivity index (χ2v) is 7.07. The van der Waals surface area contributed by atoms with Crippen molar-refractivity contribution in [2.75, 3.05) is 18.6 Å². The number of hydrogen-bond donors (Lipinski definition) is 0. The zero-order valence-corrected chi connectivity index (χ0v) is 14.5. The van der Waals surface area contributed by atoms with E-state index in [0.29, 0.717) is 11.3 Å². The number of carbonyl (C=O) groups excluding carboxylic acids is 1. The number of unbranched alkanes of at least 4 members (excludes halogenated alkanes) is 1. The first kappa shape index (κ1) is 18.3. The molecular weight excluding hydrogens is 327 g/mol. The Morgan fingerprint density at radius 1 is 1.08 bits per heavy atom. The van der Waals surface area contributed by atoms with Crippen LogP contribution >= 0.6 is 0 Å². The first-order valence-electron chi connectivity index (χ1n) is 7.86. The number of esters is 1. The summed E-state index contributed by atoms with van der Waals surface area (Å²) in [5.74, 6) is -0.189. The molecular formula is C19H21FO3S. The van der Waals surface area contributed by atoms with Gasteiger partial charge in [0.1, 0.15) is 11.6 Å². The Balaban J connectivity index is 1.79. The molecule has 0 amide bonds. The van der Waals surface area contributed by atoms with Gasteiger partial charge in [0, 0.05) is 22.1 Å². The highest BCUT2D eigenvalue weighted by atomic mass is 32.2. The van der Waals surface area contributed by atoms with Crippen molar-refractivity contribution in [2.24, 2.45) is 0 Å². The average Bonchev–Trinajstić information content (AvgIpc) is 2.59. The molecule has 0 aliphatic carbocycles. The van der Waals surface area contributed by atoms with Crippen molar-refractivity contribution >= 4 is 16.8 Å². The number of halogens is 1. The van der Waals surface area contributed by atoms with E-state index < -0.39 is 16.8 Å². The maximum absolute atomic E-state index is 13.8. The summed E-state index contributed by atoms with van der Waals surface area (Å²) in [6.45, 7) is 0. The van der Waals surface area contributed by atoms with Gasteiger partial charge in [0.15, 0.2) is 0 Å². The van der Waals surface area contributed by atoms with Gasteiger partial charge in [-0.15, -0.1) is 0 Å². The smallest absolute Gasteiger partial charge is 0.318 e. The molecule has 1 unspecified atom stereocenters. The lowest BCUT2D eigenvalue weighted by Gasteiger charge is -2.06. The molecule has 5 heteroatoms. The highest BCUT2D eigenvalue weighted by Crippen LogP contribution is 2.23. The van der Waals surface area contributed by atoms with Crippen LogP contribution in [0.25, 0.3) is 11.1 Å². The molecule has 0 radical (unpaired) electrons. The van der Waals surface area contributed by atoms with E-state index in [4.69, 9.17) is 0 Å². The molecule has 2 aromatic carbocycles. The second-order valence-electron chi connectivity index (χ2n) is 5.50. The van der Waals surface area contributed by atoms with E-state index in [2.05, 4.69) is 4.74 Å². The zero-order valence-electron chi connectivity index (χ0n) is 13.7. The fourth-order valence-electron chi connectivity index (χ4n) is 2.40. The number of rotatable bonds is 8. The number of benzene rings is 2. The average molecular weight is 348 g/mol. The number of methoxy groups -OCH3 is 1. The highest BCUT2D eigenvalue weighted by molar-refractivity contribution is 7.85. The predicted octanol–water partition coefficient (Wildman–Crippen LogP) is 3.74. The molecule has 0 heterocycles. The molecule has 0 saturated carbocycles. The summed E-state index contributed by atoms with van der Waals surface area (Å²) in [4.78, 5) is 11.0. The van der Waals surface area contributed by atoms with Gasteiger partial charge in [0.2, 0.25) is 0 Å². The molecule has 2 rings (SSSR count). The number of ether oxygens (including phenoxy) is 1. The Bertz CT molecular complexity index is 698. The number of aryl methyl sites for hydroxylation is 1. The molecule has 0 aliphatic rings. The van der Waals surface area contributed by atoms with Crippen LogP contribution in [0.5, 0.6) is 0 Å². The fourth-order valence-corrected chi connectivity index (χ4v) is 3.45. The highest BCUT2D eigenvalue weighted by Gasteiger charge is 2.07. The molecule has 0 saturated heterocycles. The molecule has 2 aromatic rings. The molecule has 24 heavy (non-hydrogen) atoms. The van der Waals surface area contributed by atoms with E-state index in [1.165, 1.54) is 13.2 Å². The van der Waals surface area contributed by atoms with Crippen LogP contribution in [0.3, 0.4) is 0 Å². The predicted molar refractivity (Wildman–Crippen MR) is 94.7 cm³/mol.